The quantitative estimate of drug-likeness (QED) is 0.612. The van der Waals surface area contributed by atoms with Crippen LogP contribution in [0.1, 0.15) is 19.0 Å². The summed E-state index contributed by atoms with van der Waals surface area (Å²) in [6.45, 7) is 7.66. The Morgan fingerprint density at radius 1 is 1.39 bits per heavy atom. The number of piperazine rings is 1. The molecular formula is C13H21N5. The first-order chi connectivity index (χ1) is 8.70. The van der Waals surface area contributed by atoms with Crippen molar-refractivity contribution in [1.29, 1.82) is 5.41 Å². The number of rotatable bonds is 4. The summed E-state index contributed by atoms with van der Waals surface area (Å²) in [5.74, 6) is 0.0291. The van der Waals surface area contributed by atoms with Gasteiger partial charge in [-0.05, 0) is 25.1 Å². The van der Waals surface area contributed by atoms with Gasteiger partial charge in [0.15, 0.2) is 0 Å². The largest absolute Gasteiger partial charge is 0.382 e. The van der Waals surface area contributed by atoms with Crippen LogP contribution >= 0.6 is 0 Å². The maximum atomic E-state index is 7.42. The Bertz CT molecular complexity index is 410. The zero-order valence-electron chi connectivity index (χ0n) is 10.9. The Labute approximate surface area is 108 Å². The standard InChI is InChI=1S/C13H21N5/c1-2-5-17-6-8-18(9-7-17)11-3-4-16-12(10-11)13(14)15/h3-4,10H,2,5-9H2,1H3,(H3,14,15). The first kappa shape index (κ1) is 12.8. The lowest BCUT2D eigenvalue weighted by molar-refractivity contribution is 0.258. The number of nitrogens with two attached hydrogens (primary N) is 1. The molecule has 0 atom stereocenters. The van der Waals surface area contributed by atoms with Gasteiger partial charge in [0.05, 0.1) is 0 Å². The van der Waals surface area contributed by atoms with Crippen molar-refractivity contribution in [3.8, 4) is 0 Å². The minimum absolute atomic E-state index is 0.0291. The number of nitrogens with zero attached hydrogens (tertiary/aromatic N) is 3. The molecule has 0 aromatic carbocycles. The molecule has 1 fully saturated rings. The highest BCUT2D eigenvalue weighted by Crippen LogP contribution is 2.16. The Morgan fingerprint density at radius 3 is 2.72 bits per heavy atom. The summed E-state index contributed by atoms with van der Waals surface area (Å²) >= 11 is 0. The second kappa shape index (κ2) is 5.82. The van der Waals surface area contributed by atoms with Crippen LogP contribution in [0.2, 0.25) is 0 Å². The van der Waals surface area contributed by atoms with Crippen molar-refractivity contribution < 1.29 is 0 Å². The van der Waals surface area contributed by atoms with Crippen LogP contribution in [0.15, 0.2) is 18.3 Å². The van der Waals surface area contributed by atoms with Gasteiger partial charge in [0.1, 0.15) is 11.5 Å². The van der Waals surface area contributed by atoms with Gasteiger partial charge < -0.3 is 10.6 Å². The van der Waals surface area contributed by atoms with Crippen LogP contribution in [0.5, 0.6) is 0 Å². The fourth-order valence-corrected chi connectivity index (χ4v) is 2.31. The summed E-state index contributed by atoms with van der Waals surface area (Å²) in [6, 6.07) is 3.89. The van der Waals surface area contributed by atoms with E-state index < -0.39 is 0 Å². The lowest BCUT2D eigenvalue weighted by Crippen LogP contribution is -2.46. The van der Waals surface area contributed by atoms with Gasteiger partial charge >= 0.3 is 0 Å². The molecule has 18 heavy (non-hydrogen) atoms. The van der Waals surface area contributed by atoms with Gasteiger partial charge in [-0.1, -0.05) is 6.92 Å². The topological polar surface area (TPSA) is 69.2 Å². The number of hydrogen-bond acceptors (Lipinski definition) is 4. The summed E-state index contributed by atoms with van der Waals surface area (Å²) in [6.07, 6.45) is 2.94. The third-order valence-electron chi connectivity index (χ3n) is 3.30. The van der Waals surface area contributed by atoms with E-state index in [1.807, 2.05) is 12.1 Å². The van der Waals surface area contributed by atoms with Gasteiger partial charge in [-0.3, -0.25) is 15.3 Å². The zero-order valence-corrected chi connectivity index (χ0v) is 10.9. The summed E-state index contributed by atoms with van der Waals surface area (Å²) in [7, 11) is 0. The molecule has 1 aliphatic rings. The molecule has 0 bridgehead atoms. The first-order valence-corrected chi connectivity index (χ1v) is 6.48. The van der Waals surface area contributed by atoms with Gasteiger partial charge in [0.25, 0.3) is 0 Å². The summed E-state index contributed by atoms with van der Waals surface area (Å²) in [5, 5.41) is 7.42. The monoisotopic (exact) mass is 247 g/mol. The Balaban J connectivity index is 2.01. The molecule has 0 saturated carbocycles. The molecule has 2 heterocycles. The SMILES string of the molecule is CCCN1CCN(c2ccnc(C(=N)N)c2)CC1. The highest BCUT2D eigenvalue weighted by molar-refractivity contribution is 5.93. The van der Waals surface area contributed by atoms with E-state index in [9.17, 15) is 0 Å². The second-order valence-corrected chi connectivity index (χ2v) is 4.64. The molecule has 0 radical (unpaired) electrons. The predicted molar refractivity (Wildman–Crippen MR) is 74.2 cm³/mol. The van der Waals surface area contributed by atoms with Crippen LogP contribution in [-0.2, 0) is 0 Å². The van der Waals surface area contributed by atoms with Gasteiger partial charge in [-0.15, -0.1) is 0 Å². The summed E-state index contributed by atoms with van der Waals surface area (Å²) in [5.41, 5.74) is 7.14. The van der Waals surface area contributed by atoms with E-state index in [1.165, 1.54) is 13.0 Å². The van der Waals surface area contributed by atoms with Crippen molar-refractivity contribution in [3.05, 3.63) is 24.0 Å². The lowest BCUT2D eigenvalue weighted by atomic mass is 10.2. The number of amidine groups is 1. The van der Waals surface area contributed by atoms with Gasteiger partial charge in [-0.25, -0.2) is 0 Å². The zero-order chi connectivity index (χ0) is 13.0. The average Bonchev–Trinajstić information content (AvgIpc) is 2.40. The van der Waals surface area contributed by atoms with Crippen molar-refractivity contribution in [2.24, 2.45) is 5.73 Å². The molecule has 0 unspecified atom stereocenters. The number of nitrogens with one attached hydrogen (secondary N) is 1. The molecule has 1 aliphatic heterocycles. The minimum Gasteiger partial charge on any atom is -0.382 e. The van der Waals surface area contributed by atoms with E-state index >= 15 is 0 Å². The maximum absolute atomic E-state index is 7.42. The van der Waals surface area contributed by atoms with Gasteiger partial charge in [-0.2, -0.15) is 0 Å². The van der Waals surface area contributed by atoms with Crippen LogP contribution in [0, 0.1) is 5.41 Å². The molecule has 0 amide bonds. The van der Waals surface area contributed by atoms with E-state index in [1.54, 1.807) is 6.20 Å². The second-order valence-electron chi connectivity index (χ2n) is 4.64. The number of pyridine rings is 1. The van der Waals surface area contributed by atoms with Crippen LogP contribution in [-0.4, -0.2) is 48.4 Å². The highest BCUT2D eigenvalue weighted by Gasteiger charge is 2.16. The highest BCUT2D eigenvalue weighted by atomic mass is 15.3. The molecule has 0 spiro atoms. The summed E-state index contributed by atoms with van der Waals surface area (Å²) < 4.78 is 0. The van der Waals surface area contributed by atoms with E-state index in [0.717, 1.165) is 31.9 Å². The van der Waals surface area contributed by atoms with Crippen molar-refractivity contribution in [1.82, 2.24) is 9.88 Å². The van der Waals surface area contributed by atoms with E-state index in [2.05, 4.69) is 21.7 Å². The van der Waals surface area contributed by atoms with E-state index in [0.29, 0.717) is 5.69 Å². The molecule has 5 heteroatoms. The number of aromatic nitrogens is 1. The van der Waals surface area contributed by atoms with Crippen molar-refractivity contribution >= 4 is 11.5 Å². The number of hydrogen-bond donors (Lipinski definition) is 2. The first-order valence-electron chi connectivity index (χ1n) is 6.48. The molecule has 5 nitrogen and oxygen atoms in total. The number of anilines is 1. The fourth-order valence-electron chi connectivity index (χ4n) is 2.31. The minimum atomic E-state index is 0.0291. The van der Waals surface area contributed by atoms with Crippen LogP contribution in [0.4, 0.5) is 5.69 Å². The maximum Gasteiger partial charge on any atom is 0.141 e. The molecule has 0 aliphatic carbocycles. The normalized spacial score (nSPS) is 16.8. The van der Waals surface area contributed by atoms with E-state index in [4.69, 9.17) is 11.1 Å². The Kier molecular flexibility index (Phi) is 4.15. The van der Waals surface area contributed by atoms with Gasteiger partial charge in [0.2, 0.25) is 0 Å². The number of nitrogen functional groups attached to an aromatic ring is 1. The van der Waals surface area contributed by atoms with Crippen LogP contribution in [0.3, 0.4) is 0 Å². The fraction of sp³-hybridized carbons (Fsp3) is 0.538. The smallest absolute Gasteiger partial charge is 0.141 e. The van der Waals surface area contributed by atoms with Crippen molar-refractivity contribution in [3.63, 3.8) is 0 Å². The third-order valence-corrected chi connectivity index (χ3v) is 3.30. The van der Waals surface area contributed by atoms with Crippen molar-refractivity contribution in [2.45, 2.75) is 13.3 Å². The average molecular weight is 247 g/mol. The molecule has 1 aromatic rings. The molecule has 98 valence electrons. The van der Waals surface area contributed by atoms with Crippen molar-refractivity contribution in [2.75, 3.05) is 37.6 Å². The van der Waals surface area contributed by atoms with Crippen LogP contribution < -0.4 is 10.6 Å². The Morgan fingerprint density at radius 2 is 2.11 bits per heavy atom. The Hall–Kier alpha value is -1.62. The molecule has 3 N–H and O–H groups in total. The third kappa shape index (κ3) is 2.98. The molecule has 2 rings (SSSR count). The van der Waals surface area contributed by atoms with Gasteiger partial charge in [0, 0.05) is 38.1 Å². The summed E-state index contributed by atoms with van der Waals surface area (Å²) in [4.78, 5) is 8.91. The molecular weight excluding hydrogens is 226 g/mol. The lowest BCUT2D eigenvalue weighted by Gasteiger charge is -2.36. The molecule has 1 aromatic heterocycles. The van der Waals surface area contributed by atoms with Crippen LogP contribution in [0.25, 0.3) is 0 Å². The predicted octanol–water partition coefficient (Wildman–Crippen LogP) is 0.898. The molecule has 1 saturated heterocycles. The van der Waals surface area contributed by atoms with E-state index in [-0.39, 0.29) is 5.84 Å².